The van der Waals surface area contributed by atoms with Crippen LogP contribution < -0.4 is 0 Å². The molecule has 29 heavy (non-hydrogen) atoms. The fourth-order valence-electron chi connectivity index (χ4n) is 4.19. The number of aryl methyl sites for hydroxylation is 1. The highest BCUT2D eigenvalue weighted by molar-refractivity contribution is 5.85. The first-order valence-electron chi connectivity index (χ1n) is 10.0. The number of rotatable bonds is 4. The Kier molecular flexibility index (Phi) is 4.36. The molecule has 0 amide bonds. The van der Waals surface area contributed by atoms with Gasteiger partial charge in [0.1, 0.15) is 11.5 Å². The van der Waals surface area contributed by atoms with Crippen molar-refractivity contribution < 1.29 is 9.52 Å². The molecule has 2 N–H and O–H groups in total. The van der Waals surface area contributed by atoms with E-state index in [0.717, 1.165) is 70.4 Å². The van der Waals surface area contributed by atoms with Crippen LogP contribution in [-0.4, -0.2) is 31.2 Å². The minimum absolute atomic E-state index is 0.162. The number of nitrogens with one attached hydrogen (secondary N) is 1. The Morgan fingerprint density at radius 1 is 1.21 bits per heavy atom. The lowest BCUT2D eigenvalue weighted by Crippen LogP contribution is -2.21. The van der Waals surface area contributed by atoms with Gasteiger partial charge in [-0.25, -0.2) is 0 Å². The van der Waals surface area contributed by atoms with Crippen molar-refractivity contribution in [1.29, 1.82) is 0 Å². The number of aromatic amines is 1. The van der Waals surface area contributed by atoms with Gasteiger partial charge in [-0.2, -0.15) is 10.2 Å². The normalized spacial score (nSPS) is 19.7. The summed E-state index contributed by atoms with van der Waals surface area (Å²) in [5.74, 6) is 1.65. The van der Waals surface area contributed by atoms with Gasteiger partial charge in [-0.1, -0.05) is 6.58 Å². The molecule has 0 saturated heterocycles. The number of aliphatic hydroxyl groups is 1. The molecule has 3 aromatic heterocycles. The molecule has 0 radical (unpaired) electrons. The Hall–Kier alpha value is -3.12. The standard InChI is InChI=1S/C23H24N4O2/c1-14(18-12-25-27(13-18)19-4-6-20(28)7-5-19)21-10-23(29-15(21)2)16-3-8-22-17(9-16)11-24-26-22/h3,8-13,19-20,28H,1,4-7H2,2H3,(H,24,26)/t19-,20-. The van der Waals surface area contributed by atoms with E-state index in [0.29, 0.717) is 6.04 Å². The fraction of sp³-hybridized carbons (Fsp3) is 0.304. The monoisotopic (exact) mass is 388 g/mol. The second kappa shape index (κ2) is 7.04. The molecular formula is C23H24N4O2. The number of furan rings is 1. The molecule has 0 bridgehead atoms. The number of aliphatic hydroxyl groups excluding tert-OH is 1. The summed E-state index contributed by atoms with van der Waals surface area (Å²) in [6.45, 7) is 6.27. The van der Waals surface area contributed by atoms with Crippen molar-refractivity contribution in [3.8, 4) is 11.3 Å². The van der Waals surface area contributed by atoms with Crippen molar-refractivity contribution in [2.45, 2.75) is 44.8 Å². The Balaban J connectivity index is 1.40. The number of aromatic nitrogens is 4. The molecule has 1 saturated carbocycles. The number of fused-ring (bicyclic) bond motifs is 1. The van der Waals surface area contributed by atoms with E-state index in [1.54, 1.807) is 0 Å². The maximum atomic E-state index is 9.73. The zero-order valence-corrected chi connectivity index (χ0v) is 16.4. The molecule has 3 heterocycles. The van der Waals surface area contributed by atoms with E-state index in [1.165, 1.54) is 0 Å². The number of hydrogen-bond donors (Lipinski definition) is 2. The van der Waals surface area contributed by atoms with Gasteiger partial charge in [0.2, 0.25) is 0 Å². The first-order chi connectivity index (χ1) is 14.1. The van der Waals surface area contributed by atoms with Crippen LogP contribution in [0.15, 0.2) is 53.9 Å². The lowest BCUT2D eigenvalue weighted by molar-refractivity contribution is 0.108. The molecule has 0 spiro atoms. The molecule has 6 nitrogen and oxygen atoms in total. The Morgan fingerprint density at radius 2 is 2.03 bits per heavy atom. The van der Waals surface area contributed by atoms with Crippen LogP contribution in [0.1, 0.15) is 48.6 Å². The molecule has 1 aromatic carbocycles. The molecular weight excluding hydrogens is 364 g/mol. The number of nitrogens with zero attached hydrogens (tertiary/aromatic N) is 3. The van der Waals surface area contributed by atoms with Gasteiger partial charge < -0.3 is 9.52 Å². The summed E-state index contributed by atoms with van der Waals surface area (Å²) in [4.78, 5) is 0. The zero-order valence-electron chi connectivity index (χ0n) is 16.4. The molecule has 1 fully saturated rings. The first-order valence-corrected chi connectivity index (χ1v) is 10.0. The van der Waals surface area contributed by atoms with Crippen LogP contribution in [0.5, 0.6) is 0 Å². The molecule has 0 aliphatic heterocycles. The second-order valence-electron chi connectivity index (χ2n) is 7.90. The van der Waals surface area contributed by atoms with Crippen LogP contribution in [0.25, 0.3) is 27.8 Å². The van der Waals surface area contributed by atoms with E-state index in [-0.39, 0.29) is 6.10 Å². The van der Waals surface area contributed by atoms with Gasteiger partial charge in [-0.3, -0.25) is 9.78 Å². The summed E-state index contributed by atoms with van der Waals surface area (Å²) >= 11 is 0. The van der Waals surface area contributed by atoms with E-state index < -0.39 is 0 Å². The van der Waals surface area contributed by atoms with Crippen LogP contribution in [0, 0.1) is 6.92 Å². The minimum Gasteiger partial charge on any atom is -0.461 e. The maximum absolute atomic E-state index is 9.73. The first kappa shape index (κ1) is 17.9. The Bertz CT molecular complexity index is 1170. The predicted molar refractivity (Wildman–Crippen MR) is 112 cm³/mol. The largest absolute Gasteiger partial charge is 0.461 e. The zero-order chi connectivity index (χ0) is 20.0. The summed E-state index contributed by atoms with van der Waals surface area (Å²) in [6.07, 6.45) is 9.18. The van der Waals surface area contributed by atoms with Crippen LogP contribution in [0.2, 0.25) is 0 Å². The minimum atomic E-state index is -0.162. The third-order valence-electron chi connectivity index (χ3n) is 5.96. The topological polar surface area (TPSA) is 79.9 Å². The van der Waals surface area contributed by atoms with Crippen LogP contribution in [0.3, 0.4) is 0 Å². The number of benzene rings is 1. The van der Waals surface area contributed by atoms with Crippen molar-refractivity contribution in [2.24, 2.45) is 0 Å². The van der Waals surface area contributed by atoms with E-state index in [2.05, 4.69) is 34.1 Å². The van der Waals surface area contributed by atoms with Gasteiger partial charge in [-0.15, -0.1) is 0 Å². The van der Waals surface area contributed by atoms with Gasteiger partial charge in [0.15, 0.2) is 0 Å². The highest BCUT2D eigenvalue weighted by Gasteiger charge is 2.22. The smallest absolute Gasteiger partial charge is 0.134 e. The van der Waals surface area contributed by atoms with E-state index in [9.17, 15) is 5.11 Å². The van der Waals surface area contributed by atoms with Crippen molar-refractivity contribution in [1.82, 2.24) is 20.0 Å². The predicted octanol–water partition coefficient (Wildman–Crippen LogP) is 4.87. The lowest BCUT2D eigenvalue weighted by atomic mass is 9.93. The Labute approximate surface area is 168 Å². The summed E-state index contributed by atoms with van der Waals surface area (Å²) in [7, 11) is 0. The average Bonchev–Trinajstić information content (AvgIpc) is 3.47. The van der Waals surface area contributed by atoms with Crippen LogP contribution >= 0.6 is 0 Å². The average molecular weight is 388 g/mol. The van der Waals surface area contributed by atoms with Crippen LogP contribution in [0.4, 0.5) is 0 Å². The number of hydrogen-bond acceptors (Lipinski definition) is 4. The molecule has 148 valence electrons. The van der Waals surface area contributed by atoms with Crippen molar-refractivity contribution in [3.05, 3.63) is 66.3 Å². The third kappa shape index (κ3) is 3.29. The molecule has 1 aliphatic rings. The summed E-state index contributed by atoms with van der Waals surface area (Å²) in [6, 6.07) is 8.50. The van der Waals surface area contributed by atoms with Crippen LogP contribution in [-0.2, 0) is 0 Å². The van der Waals surface area contributed by atoms with Crippen molar-refractivity contribution >= 4 is 16.5 Å². The third-order valence-corrected chi connectivity index (χ3v) is 5.96. The van der Waals surface area contributed by atoms with Gasteiger partial charge in [0, 0.05) is 28.3 Å². The molecule has 4 aromatic rings. The Morgan fingerprint density at radius 3 is 2.86 bits per heavy atom. The van der Waals surface area contributed by atoms with E-state index in [4.69, 9.17) is 4.42 Å². The van der Waals surface area contributed by atoms with E-state index in [1.807, 2.05) is 42.2 Å². The second-order valence-corrected chi connectivity index (χ2v) is 7.90. The summed E-state index contributed by atoms with van der Waals surface area (Å²) in [5.41, 5.74) is 4.91. The molecule has 6 heteroatoms. The van der Waals surface area contributed by atoms with Gasteiger partial charge in [0.25, 0.3) is 0 Å². The highest BCUT2D eigenvalue weighted by atomic mass is 16.3. The number of H-pyrrole nitrogens is 1. The molecule has 1 aliphatic carbocycles. The highest BCUT2D eigenvalue weighted by Crippen LogP contribution is 2.34. The fourth-order valence-corrected chi connectivity index (χ4v) is 4.19. The molecule has 0 atom stereocenters. The lowest BCUT2D eigenvalue weighted by Gasteiger charge is -2.25. The van der Waals surface area contributed by atoms with Crippen molar-refractivity contribution in [2.75, 3.05) is 0 Å². The quantitative estimate of drug-likeness (QED) is 0.523. The maximum Gasteiger partial charge on any atom is 0.134 e. The summed E-state index contributed by atoms with van der Waals surface area (Å²) in [5, 5.41) is 22.4. The van der Waals surface area contributed by atoms with Gasteiger partial charge >= 0.3 is 0 Å². The van der Waals surface area contributed by atoms with Gasteiger partial charge in [0.05, 0.1) is 30.1 Å². The molecule has 5 rings (SSSR count). The van der Waals surface area contributed by atoms with Crippen molar-refractivity contribution in [3.63, 3.8) is 0 Å². The van der Waals surface area contributed by atoms with Gasteiger partial charge in [-0.05, 0) is 62.4 Å². The summed E-state index contributed by atoms with van der Waals surface area (Å²) < 4.78 is 8.08. The molecule has 0 unspecified atom stereocenters. The van der Waals surface area contributed by atoms with E-state index >= 15 is 0 Å². The SMILES string of the molecule is C=C(c1cnn([C@H]2CC[C@H](O)CC2)c1)c1cc(-c2ccc3[nH]ncc3c2)oc1C.